The third kappa shape index (κ3) is 3.63. The molecule has 0 aliphatic heterocycles. The largest absolute Gasteiger partial charge is 0.309 e. The second-order valence-electron chi connectivity index (χ2n) is 14.1. The van der Waals surface area contributed by atoms with E-state index >= 15 is 0 Å². The summed E-state index contributed by atoms with van der Waals surface area (Å²) >= 11 is 0. The molecule has 52 heavy (non-hydrogen) atoms. The van der Waals surface area contributed by atoms with Gasteiger partial charge in [0.2, 0.25) is 0 Å². The van der Waals surface area contributed by atoms with Crippen LogP contribution in [-0.2, 0) is 0 Å². The van der Waals surface area contributed by atoms with Gasteiger partial charge in [-0.05, 0) is 85.9 Å². The summed E-state index contributed by atoms with van der Waals surface area (Å²) in [4.78, 5) is 0. The van der Waals surface area contributed by atoms with Crippen LogP contribution in [0, 0.1) is 0 Å². The third-order valence-electron chi connectivity index (χ3n) is 11.4. The molecule has 2 nitrogen and oxygen atoms in total. The summed E-state index contributed by atoms with van der Waals surface area (Å²) in [7, 11) is 0. The molecular weight excluding hydrogens is 629 g/mol. The zero-order valence-electron chi connectivity index (χ0n) is 28.2. The number of hydrogen-bond donors (Lipinski definition) is 0. The van der Waals surface area contributed by atoms with Gasteiger partial charge in [0.25, 0.3) is 0 Å². The van der Waals surface area contributed by atoms with E-state index in [9.17, 15) is 0 Å². The molecule has 0 saturated heterocycles. The van der Waals surface area contributed by atoms with Crippen molar-refractivity contribution in [2.75, 3.05) is 0 Å². The highest BCUT2D eigenvalue weighted by atomic mass is 15.0. The SMILES string of the molecule is c1ccc(-c2ccc(-n3c4ccccc4c4c3c3ccccc3c3c5ccccc5n(-c5cc6c7c(cccc7c5)-c5ccccc5-6)c34)cc2)cc1. The lowest BCUT2D eigenvalue weighted by Crippen LogP contribution is -1.97. The molecule has 12 rings (SSSR count). The molecular formula is C50H30N2. The van der Waals surface area contributed by atoms with Gasteiger partial charge in [-0.3, -0.25) is 0 Å². The fourth-order valence-corrected chi connectivity index (χ4v) is 9.29. The molecule has 0 unspecified atom stereocenters. The van der Waals surface area contributed by atoms with Gasteiger partial charge < -0.3 is 9.13 Å². The Balaban J connectivity index is 1.26. The predicted molar refractivity (Wildman–Crippen MR) is 220 cm³/mol. The third-order valence-corrected chi connectivity index (χ3v) is 11.4. The zero-order valence-corrected chi connectivity index (χ0v) is 28.2. The van der Waals surface area contributed by atoms with E-state index in [1.807, 2.05) is 0 Å². The molecule has 0 N–H and O–H groups in total. The number of aromatic nitrogens is 2. The first-order chi connectivity index (χ1) is 25.8. The maximum Gasteiger partial charge on any atom is 0.0647 e. The molecule has 240 valence electrons. The Morgan fingerprint density at radius 3 is 1.60 bits per heavy atom. The molecule has 9 aromatic carbocycles. The quantitative estimate of drug-likeness (QED) is 0.179. The van der Waals surface area contributed by atoms with Crippen molar-refractivity contribution >= 4 is 65.2 Å². The molecule has 11 aromatic rings. The van der Waals surface area contributed by atoms with E-state index in [1.165, 1.54) is 104 Å². The summed E-state index contributed by atoms with van der Waals surface area (Å²) in [5, 5.41) is 10.2. The van der Waals surface area contributed by atoms with Crippen LogP contribution in [0.2, 0.25) is 0 Å². The first kappa shape index (κ1) is 27.9. The minimum absolute atomic E-state index is 1.15. The number of fused-ring (bicyclic) bond motifs is 13. The van der Waals surface area contributed by atoms with E-state index in [0.29, 0.717) is 0 Å². The molecule has 0 fully saturated rings. The molecule has 0 bridgehead atoms. The lowest BCUT2D eigenvalue weighted by molar-refractivity contribution is 1.18. The Kier molecular flexibility index (Phi) is 5.53. The second kappa shape index (κ2) is 10.3. The number of para-hydroxylation sites is 2. The average molecular weight is 659 g/mol. The van der Waals surface area contributed by atoms with Crippen LogP contribution in [0.15, 0.2) is 182 Å². The molecule has 2 aromatic heterocycles. The van der Waals surface area contributed by atoms with Crippen LogP contribution in [0.4, 0.5) is 0 Å². The van der Waals surface area contributed by atoms with E-state index < -0.39 is 0 Å². The van der Waals surface area contributed by atoms with Crippen LogP contribution in [0.5, 0.6) is 0 Å². The number of nitrogens with zero attached hydrogens (tertiary/aromatic N) is 2. The number of benzene rings is 9. The van der Waals surface area contributed by atoms with E-state index in [-0.39, 0.29) is 0 Å². The lowest BCUT2D eigenvalue weighted by atomic mass is 9.99. The van der Waals surface area contributed by atoms with Gasteiger partial charge in [0.1, 0.15) is 0 Å². The summed E-state index contributed by atoms with van der Waals surface area (Å²) in [6.45, 7) is 0. The Morgan fingerprint density at radius 1 is 0.288 bits per heavy atom. The molecule has 1 aliphatic carbocycles. The normalized spacial score (nSPS) is 12.2. The van der Waals surface area contributed by atoms with Crippen LogP contribution < -0.4 is 0 Å². The highest BCUT2D eigenvalue weighted by Gasteiger charge is 2.26. The first-order valence-corrected chi connectivity index (χ1v) is 18.0. The van der Waals surface area contributed by atoms with Gasteiger partial charge >= 0.3 is 0 Å². The molecule has 0 amide bonds. The first-order valence-electron chi connectivity index (χ1n) is 18.0. The highest BCUT2D eigenvalue weighted by molar-refractivity contribution is 6.36. The van der Waals surface area contributed by atoms with Gasteiger partial charge in [0.05, 0.1) is 22.1 Å². The lowest BCUT2D eigenvalue weighted by Gasteiger charge is -2.14. The predicted octanol–water partition coefficient (Wildman–Crippen LogP) is 13.5. The summed E-state index contributed by atoms with van der Waals surface area (Å²) in [5.41, 5.74) is 14.9. The van der Waals surface area contributed by atoms with Gasteiger partial charge in [0, 0.05) is 38.3 Å². The fourth-order valence-electron chi connectivity index (χ4n) is 9.29. The van der Waals surface area contributed by atoms with Crippen molar-refractivity contribution in [1.82, 2.24) is 9.13 Å². The molecule has 0 spiro atoms. The van der Waals surface area contributed by atoms with E-state index in [4.69, 9.17) is 0 Å². The van der Waals surface area contributed by atoms with Crippen molar-refractivity contribution < 1.29 is 0 Å². The Labute approximate surface area is 300 Å². The van der Waals surface area contributed by atoms with Crippen molar-refractivity contribution in [1.29, 1.82) is 0 Å². The van der Waals surface area contributed by atoms with E-state index in [2.05, 4.69) is 191 Å². The number of hydrogen-bond acceptors (Lipinski definition) is 0. The summed E-state index contributed by atoms with van der Waals surface area (Å²) in [5.74, 6) is 0. The standard InChI is InChI=1S/C50H30N2/c1-2-13-31(14-3-1)32-25-27-34(28-26-32)51-45-24-11-9-21-42(45)48-49(51)40-19-7-6-18-39(40)47-41-20-8-10-23-44(41)52(50(47)48)35-29-33-15-12-22-38-36-16-4-5-17-37(36)43(30-35)46(33)38/h1-30H. The van der Waals surface area contributed by atoms with Crippen LogP contribution in [0.25, 0.3) is 110 Å². The maximum atomic E-state index is 2.55. The molecule has 2 heterocycles. The van der Waals surface area contributed by atoms with Crippen molar-refractivity contribution in [3.05, 3.63) is 182 Å². The Hall–Kier alpha value is -6.90. The van der Waals surface area contributed by atoms with Crippen molar-refractivity contribution in [2.45, 2.75) is 0 Å². The molecule has 0 saturated carbocycles. The van der Waals surface area contributed by atoms with E-state index in [0.717, 1.165) is 5.69 Å². The zero-order chi connectivity index (χ0) is 33.9. The highest BCUT2D eigenvalue weighted by Crippen LogP contribution is 2.50. The van der Waals surface area contributed by atoms with Crippen molar-refractivity contribution in [3.8, 4) is 44.8 Å². The molecule has 2 heteroatoms. The second-order valence-corrected chi connectivity index (χ2v) is 14.1. The topological polar surface area (TPSA) is 9.86 Å². The van der Waals surface area contributed by atoms with Gasteiger partial charge in [-0.15, -0.1) is 0 Å². The van der Waals surface area contributed by atoms with Gasteiger partial charge in [-0.1, -0.05) is 146 Å². The summed E-state index contributed by atoms with van der Waals surface area (Å²) < 4.78 is 5.05. The fraction of sp³-hybridized carbons (Fsp3) is 0. The van der Waals surface area contributed by atoms with E-state index in [1.54, 1.807) is 0 Å². The van der Waals surface area contributed by atoms with Crippen LogP contribution in [0.1, 0.15) is 0 Å². The van der Waals surface area contributed by atoms with Crippen LogP contribution >= 0.6 is 0 Å². The molecule has 0 radical (unpaired) electrons. The average Bonchev–Trinajstić information content (AvgIpc) is 3.86. The summed E-state index contributed by atoms with van der Waals surface area (Å²) in [6, 6.07) is 67.1. The Morgan fingerprint density at radius 2 is 0.846 bits per heavy atom. The number of rotatable bonds is 3. The van der Waals surface area contributed by atoms with Crippen LogP contribution in [-0.4, -0.2) is 9.13 Å². The molecule has 1 aliphatic rings. The van der Waals surface area contributed by atoms with Gasteiger partial charge in [-0.25, -0.2) is 0 Å². The van der Waals surface area contributed by atoms with Crippen molar-refractivity contribution in [3.63, 3.8) is 0 Å². The van der Waals surface area contributed by atoms with Crippen molar-refractivity contribution in [2.24, 2.45) is 0 Å². The monoisotopic (exact) mass is 658 g/mol. The molecule has 0 atom stereocenters. The smallest absolute Gasteiger partial charge is 0.0647 e. The maximum absolute atomic E-state index is 2.55. The minimum atomic E-state index is 1.15. The summed E-state index contributed by atoms with van der Waals surface area (Å²) in [6.07, 6.45) is 0. The van der Waals surface area contributed by atoms with Crippen LogP contribution in [0.3, 0.4) is 0 Å². The van der Waals surface area contributed by atoms with Gasteiger partial charge in [-0.2, -0.15) is 0 Å². The van der Waals surface area contributed by atoms with Gasteiger partial charge in [0.15, 0.2) is 0 Å². The Bertz CT molecular complexity index is 3270. The minimum Gasteiger partial charge on any atom is -0.309 e.